The number of nitrogens with zero attached hydrogens (tertiary/aromatic N) is 2. The number of hydrogen-bond donors (Lipinski definition) is 0. The average molecular weight is 415 g/mol. The summed E-state index contributed by atoms with van der Waals surface area (Å²) in [6.07, 6.45) is 0. The molecule has 1 fully saturated rings. The molecule has 23 heavy (non-hydrogen) atoms. The van der Waals surface area contributed by atoms with Crippen molar-refractivity contribution < 1.29 is 8.42 Å². The molecule has 1 saturated heterocycles. The minimum absolute atomic E-state index is 0.303. The SMILES string of the molecule is C[C@H](c1ccccc1)N1CCN(S(=O)(=O)c2ccc(Br)s2)CC1. The van der Waals surface area contributed by atoms with Crippen LogP contribution in [0.25, 0.3) is 0 Å². The molecule has 124 valence electrons. The highest BCUT2D eigenvalue weighted by molar-refractivity contribution is 9.11. The highest BCUT2D eigenvalue weighted by atomic mass is 79.9. The van der Waals surface area contributed by atoms with Crippen molar-refractivity contribution in [3.05, 3.63) is 51.8 Å². The molecular weight excluding hydrogens is 396 g/mol. The summed E-state index contributed by atoms with van der Waals surface area (Å²) in [5, 5.41) is 0. The maximum absolute atomic E-state index is 12.6. The Morgan fingerprint density at radius 1 is 1.04 bits per heavy atom. The number of piperazine rings is 1. The number of halogens is 1. The Labute approximate surface area is 149 Å². The van der Waals surface area contributed by atoms with Gasteiger partial charge >= 0.3 is 0 Å². The Balaban J connectivity index is 1.67. The number of benzene rings is 1. The second-order valence-corrected chi connectivity index (χ2v) is 10.2. The van der Waals surface area contributed by atoms with Crippen LogP contribution in [0.5, 0.6) is 0 Å². The Kier molecular flexibility index (Phi) is 5.22. The maximum Gasteiger partial charge on any atom is 0.252 e. The molecule has 2 heterocycles. The summed E-state index contributed by atoms with van der Waals surface area (Å²) in [7, 11) is -3.36. The van der Waals surface area contributed by atoms with Gasteiger partial charge in [-0.25, -0.2) is 8.42 Å². The van der Waals surface area contributed by atoms with Gasteiger partial charge < -0.3 is 0 Å². The van der Waals surface area contributed by atoms with Gasteiger partial charge in [0.25, 0.3) is 10.0 Å². The van der Waals surface area contributed by atoms with E-state index in [1.165, 1.54) is 16.9 Å². The fourth-order valence-corrected chi connectivity index (χ4v) is 6.42. The lowest BCUT2D eigenvalue weighted by atomic mass is 10.1. The van der Waals surface area contributed by atoms with Gasteiger partial charge in [-0.3, -0.25) is 4.90 Å². The van der Waals surface area contributed by atoms with Crippen molar-refractivity contribution in [1.29, 1.82) is 0 Å². The molecule has 0 bridgehead atoms. The normalized spacial score (nSPS) is 18.9. The van der Waals surface area contributed by atoms with Crippen LogP contribution < -0.4 is 0 Å². The number of rotatable bonds is 4. The Bertz CT molecular complexity index is 753. The van der Waals surface area contributed by atoms with Crippen molar-refractivity contribution in [3.8, 4) is 0 Å². The van der Waals surface area contributed by atoms with Crippen LogP contribution >= 0.6 is 27.3 Å². The molecule has 0 spiro atoms. The van der Waals surface area contributed by atoms with Gasteiger partial charge in [0.05, 0.1) is 3.79 Å². The predicted molar refractivity (Wildman–Crippen MR) is 97.2 cm³/mol. The third kappa shape index (κ3) is 3.69. The second kappa shape index (κ2) is 7.03. The first kappa shape index (κ1) is 17.1. The van der Waals surface area contributed by atoms with Crippen molar-refractivity contribution in [2.45, 2.75) is 17.2 Å². The predicted octanol–water partition coefficient (Wildman–Crippen LogP) is 3.58. The summed E-state index contributed by atoms with van der Waals surface area (Å²) < 4.78 is 28.1. The maximum atomic E-state index is 12.6. The minimum Gasteiger partial charge on any atom is -0.294 e. The molecule has 2 aromatic rings. The van der Waals surface area contributed by atoms with E-state index in [9.17, 15) is 8.42 Å². The van der Waals surface area contributed by atoms with Crippen LogP contribution in [0.15, 0.2) is 50.5 Å². The first-order valence-electron chi connectivity index (χ1n) is 7.53. The van der Waals surface area contributed by atoms with Crippen molar-refractivity contribution in [1.82, 2.24) is 9.21 Å². The topological polar surface area (TPSA) is 40.6 Å². The zero-order valence-electron chi connectivity index (χ0n) is 12.9. The standard InChI is InChI=1S/C16H19BrN2O2S2/c1-13(14-5-3-2-4-6-14)18-9-11-19(12-10-18)23(20,21)16-8-7-15(17)22-16/h2-8,13H,9-12H2,1H3/t13-/m1/s1. The van der Waals surface area contributed by atoms with Crippen LogP contribution in [0, 0.1) is 0 Å². The summed E-state index contributed by atoms with van der Waals surface area (Å²) >= 11 is 4.60. The van der Waals surface area contributed by atoms with Crippen LogP contribution in [0.4, 0.5) is 0 Å². The first-order chi connectivity index (χ1) is 11.0. The van der Waals surface area contributed by atoms with Gasteiger partial charge in [-0.05, 0) is 40.5 Å². The van der Waals surface area contributed by atoms with E-state index in [0.717, 1.165) is 16.9 Å². The molecule has 0 unspecified atom stereocenters. The van der Waals surface area contributed by atoms with Crippen molar-refractivity contribution in [3.63, 3.8) is 0 Å². The summed E-state index contributed by atoms with van der Waals surface area (Å²) in [4.78, 5) is 2.34. The number of sulfonamides is 1. The largest absolute Gasteiger partial charge is 0.294 e. The molecule has 1 aliphatic heterocycles. The van der Waals surface area contributed by atoms with E-state index in [1.54, 1.807) is 16.4 Å². The van der Waals surface area contributed by atoms with Gasteiger partial charge in [-0.15, -0.1) is 11.3 Å². The Hall–Kier alpha value is -0.730. The van der Waals surface area contributed by atoms with E-state index in [2.05, 4.69) is 39.9 Å². The van der Waals surface area contributed by atoms with Crippen LogP contribution in [-0.4, -0.2) is 43.8 Å². The molecule has 1 atom stereocenters. The molecule has 3 rings (SSSR count). The van der Waals surface area contributed by atoms with Gasteiger partial charge in [0, 0.05) is 32.2 Å². The highest BCUT2D eigenvalue weighted by Crippen LogP contribution is 2.30. The molecule has 1 aromatic carbocycles. The van der Waals surface area contributed by atoms with Gasteiger partial charge in [0.15, 0.2) is 0 Å². The molecule has 0 N–H and O–H groups in total. The lowest BCUT2D eigenvalue weighted by Crippen LogP contribution is -2.49. The number of hydrogen-bond acceptors (Lipinski definition) is 4. The van der Waals surface area contributed by atoms with Gasteiger partial charge in [-0.1, -0.05) is 30.3 Å². The molecule has 1 aliphatic rings. The molecular formula is C16H19BrN2O2S2. The van der Waals surface area contributed by atoms with E-state index in [0.29, 0.717) is 23.3 Å². The quantitative estimate of drug-likeness (QED) is 0.767. The molecule has 7 heteroatoms. The second-order valence-electron chi connectivity index (χ2n) is 5.59. The molecule has 0 saturated carbocycles. The van der Waals surface area contributed by atoms with Gasteiger partial charge in [-0.2, -0.15) is 4.31 Å². The molecule has 0 amide bonds. The van der Waals surface area contributed by atoms with E-state index in [1.807, 2.05) is 18.2 Å². The van der Waals surface area contributed by atoms with Crippen molar-refractivity contribution in [2.75, 3.05) is 26.2 Å². The fourth-order valence-electron chi connectivity index (χ4n) is 2.84. The molecule has 0 radical (unpaired) electrons. The summed E-state index contributed by atoms with van der Waals surface area (Å²) in [5.41, 5.74) is 1.27. The van der Waals surface area contributed by atoms with Crippen LogP contribution in [0.3, 0.4) is 0 Å². The Morgan fingerprint density at radius 3 is 2.26 bits per heavy atom. The first-order valence-corrected chi connectivity index (χ1v) is 10.6. The lowest BCUT2D eigenvalue weighted by molar-refractivity contribution is 0.146. The van der Waals surface area contributed by atoms with Crippen LogP contribution in [0.1, 0.15) is 18.5 Å². The highest BCUT2D eigenvalue weighted by Gasteiger charge is 2.31. The minimum atomic E-state index is -3.36. The van der Waals surface area contributed by atoms with Crippen molar-refractivity contribution >= 4 is 37.3 Å². The van der Waals surface area contributed by atoms with Crippen LogP contribution in [-0.2, 0) is 10.0 Å². The van der Waals surface area contributed by atoms with E-state index < -0.39 is 10.0 Å². The Morgan fingerprint density at radius 2 is 1.70 bits per heavy atom. The smallest absolute Gasteiger partial charge is 0.252 e. The van der Waals surface area contributed by atoms with Crippen LogP contribution in [0.2, 0.25) is 0 Å². The summed E-state index contributed by atoms with van der Waals surface area (Å²) in [6.45, 7) is 4.75. The molecule has 4 nitrogen and oxygen atoms in total. The third-order valence-electron chi connectivity index (χ3n) is 4.25. The van der Waals surface area contributed by atoms with E-state index >= 15 is 0 Å². The average Bonchev–Trinajstić information content (AvgIpc) is 3.02. The number of thiophene rings is 1. The lowest BCUT2D eigenvalue weighted by Gasteiger charge is -2.37. The van der Waals surface area contributed by atoms with Crippen molar-refractivity contribution in [2.24, 2.45) is 0 Å². The summed E-state index contributed by atoms with van der Waals surface area (Å²) in [5.74, 6) is 0. The van der Waals surface area contributed by atoms with E-state index in [-0.39, 0.29) is 0 Å². The monoisotopic (exact) mass is 414 g/mol. The zero-order chi connectivity index (χ0) is 16.4. The summed E-state index contributed by atoms with van der Waals surface area (Å²) in [6, 6.07) is 14.1. The molecule has 0 aliphatic carbocycles. The fraction of sp³-hybridized carbons (Fsp3) is 0.375. The van der Waals surface area contributed by atoms with E-state index in [4.69, 9.17) is 0 Å². The zero-order valence-corrected chi connectivity index (χ0v) is 16.1. The molecule has 1 aromatic heterocycles. The third-order valence-corrected chi connectivity index (χ3v) is 8.24. The van der Waals surface area contributed by atoms with Gasteiger partial charge in [0.2, 0.25) is 0 Å². The van der Waals surface area contributed by atoms with Gasteiger partial charge in [0.1, 0.15) is 4.21 Å².